The normalized spacial score (nSPS) is 21.2. The van der Waals surface area contributed by atoms with E-state index in [0.29, 0.717) is 0 Å². The number of quaternary nitrogens is 2. The lowest BCUT2D eigenvalue weighted by molar-refractivity contribution is -0.897. The zero-order valence-electron chi connectivity index (χ0n) is 16.4. The second kappa shape index (κ2) is 13.5. The van der Waals surface area contributed by atoms with Crippen LogP contribution in [0.1, 0.15) is 77.0 Å². The zero-order valence-corrected chi connectivity index (χ0v) is 20.7. The Balaban J connectivity index is 0.00000264. The van der Waals surface area contributed by atoms with Gasteiger partial charge >= 0.3 is 0 Å². The van der Waals surface area contributed by atoms with Crippen LogP contribution in [0.4, 0.5) is 0 Å². The van der Waals surface area contributed by atoms with Crippen LogP contribution >= 0.6 is 0 Å². The molecule has 0 bridgehead atoms. The van der Waals surface area contributed by atoms with Gasteiger partial charge in [0, 0.05) is 25.7 Å². The number of hydrogen-bond donors (Lipinski definition) is 0. The first-order valence-corrected chi connectivity index (χ1v) is 10.3. The highest BCUT2D eigenvalue weighted by Gasteiger charge is 2.26. The predicted octanol–water partition coefficient (Wildman–Crippen LogP) is -1.40. The molecule has 2 saturated heterocycles. The van der Waals surface area contributed by atoms with Gasteiger partial charge in [-0.3, -0.25) is 0 Å². The van der Waals surface area contributed by atoms with E-state index in [1.807, 2.05) is 0 Å². The van der Waals surface area contributed by atoms with Gasteiger partial charge in [0.05, 0.1) is 53.4 Å². The van der Waals surface area contributed by atoms with E-state index in [2.05, 4.69) is 14.1 Å². The zero-order chi connectivity index (χ0) is 15.7. The maximum Gasteiger partial charge on any atom is 0.0786 e. The molecule has 0 amide bonds. The average Bonchev–Trinajstić information content (AvgIpc) is 3.11. The highest BCUT2D eigenvalue weighted by molar-refractivity contribution is 4.54. The van der Waals surface area contributed by atoms with Gasteiger partial charge in [0.25, 0.3) is 0 Å². The Morgan fingerprint density at radius 3 is 1.00 bits per heavy atom. The molecule has 0 unspecified atom stereocenters. The highest BCUT2D eigenvalue weighted by atomic mass is 127. The third-order valence-electron chi connectivity index (χ3n) is 6.44. The molecule has 0 aromatic heterocycles. The first-order chi connectivity index (χ1) is 10.6. The summed E-state index contributed by atoms with van der Waals surface area (Å²) in [6.45, 7) is 8.65. The lowest BCUT2D eigenvalue weighted by atomic mass is 10.1. The van der Waals surface area contributed by atoms with Gasteiger partial charge in [0.1, 0.15) is 0 Å². The quantitative estimate of drug-likeness (QED) is 0.165. The Morgan fingerprint density at radius 2 is 0.708 bits per heavy atom. The van der Waals surface area contributed by atoms with Crippen LogP contribution in [-0.2, 0) is 0 Å². The molecule has 24 heavy (non-hydrogen) atoms. The molecule has 0 atom stereocenters. The molecular formula is C20H42I2N2. The van der Waals surface area contributed by atoms with Crippen LogP contribution in [0.25, 0.3) is 0 Å². The lowest BCUT2D eigenvalue weighted by Crippen LogP contribution is -3.00. The Hall–Kier alpha value is 1.38. The summed E-state index contributed by atoms with van der Waals surface area (Å²) in [5.41, 5.74) is 0. The van der Waals surface area contributed by atoms with E-state index in [4.69, 9.17) is 0 Å². The molecule has 2 rings (SSSR count). The molecule has 4 heteroatoms. The van der Waals surface area contributed by atoms with Crippen molar-refractivity contribution >= 4 is 0 Å². The minimum atomic E-state index is 0. The molecule has 0 N–H and O–H groups in total. The van der Waals surface area contributed by atoms with Crippen LogP contribution < -0.4 is 48.0 Å². The van der Waals surface area contributed by atoms with Gasteiger partial charge in [-0.05, 0) is 25.7 Å². The molecule has 0 radical (unpaired) electrons. The number of hydrogen-bond acceptors (Lipinski definition) is 0. The van der Waals surface area contributed by atoms with E-state index < -0.39 is 0 Å². The van der Waals surface area contributed by atoms with Crippen molar-refractivity contribution in [2.75, 3.05) is 53.4 Å². The summed E-state index contributed by atoms with van der Waals surface area (Å²) in [5.74, 6) is 0. The summed E-state index contributed by atoms with van der Waals surface area (Å²) in [6.07, 6.45) is 17.7. The van der Waals surface area contributed by atoms with Gasteiger partial charge in [-0.25, -0.2) is 0 Å². The van der Waals surface area contributed by atoms with Crippen LogP contribution in [0.15, 0.2) is 0 Å². The van der Waals surface area contributed by atoms with E-state index in [-0.39, 0.29) is 48.0 Å². The molecule has 2 nitrogen and oxygen atoms in total. The molecule has 0 aliphatic carbocycles. The fraction of sp³-hybridized carbons (Fsp3) is 1.00. The standard InChI is InChI=1S/C20H42N2.2HI/c1-21(17-11-12-18-21)15-9-7-5-3-4-6-8-10-16-22(2)19-13-14-20-22;;/h3-20H2,1-2H3;2*1H/q+2;;/p-2. The molecule has 2 fully saturated rings. The highest BCUT2D eigenvalue weighted by Crippen LogP contribution is 2.19. The molecule has 0 saturated carbocycles. The minimum Gasteiger partial charge on any atom is -1.00 e. The number of likely N-dealkylation sites (tertiary alicyclic amines) is 2. The Morgan fingerprint density at radius 1 is 0.458 bits per heavy atom. The van der Waals surface area contributed by atoms with Gasteiger partial charge in [-0.2, -0.15) is 0 Å². The second-order valence-corrected chi connectivity index (χ2v) is 8.82. The summed E-state index contributed by atoms with van der Waals surface area (Å²) in [7, 11) is 4.94. The number of halogens is 2. The number of unbranched alkanes of at least 4 members (excludes halogenated alkanes) is 7. The van der Waals surface area contributed by atoms with Gasteiger partial charge in [-0.1, -0.05) is 25.7 Å². The van der Waals surface area contributed by atoms with Gasteiger partial charge < -0.3 is 56.9 Å². The number of rotatable bonds is 11. The van der Waals surface area contributed by atoms with Crippen LogP contribution in [0.2, 0.25) is 0 Å². The van der Waals surface area contributed by atoms with Crippen molar-refractivity contribution in [3.63, 3.8) is 0 Å². The second-order valence-electron chi connectivity index (χ2n) is 8.82. The third kappa shape index (κ3) is 9.91. The molecule has 2 aliphatic rings. The summed E-state index contributed by atoms with van der Waals surface area (Å²) in [6, 6.07) is 0. The Bertz CT molecular complexity index is 268. The van der Waals surface area contributed by atoms with Gasteiger partial charge in [-0.15, -0.1) is 0 Å². The van der Waals surface area contributed by atoms with Crippen molar-refractivity contribution in [3.05, 3.63) is 0 Å². The molecule has 0 aromatic carbocycles. The average molecular weight is 564 g/mol. The fourth-order valence-electron chi connectivity index (χ4n) is 4.69. The lowest BCUT2D eigenvalue weighted by Gasteiger charge is -2.29. The first-order valence-electron chi connectivity index (χ1n) is 10.3. The van der Waals surface area contributed by atoms with Crippen LogP contribution in [0.5, 0.6) is 0 Å². The molecule has 2 aliphatic heterocycles. The minimum absolute atomic E-state index is 0. The fourth-order valence-corrected chi connectivity index (χ4v) is 4.69. The van der Waals surface area contributed by atoms with Crippen molar-refractivity contribution in [2.24, 2.45) is 0 Å². The van der Waals surface area contributed by atoms with Crippen molar-refractivity contribution in [2.45, 2.75) is 77.0 Å². The van der Waals surface area contributed by atoms with Crippen molar-refractivity contribution in [1.82, 2.24) is 0 Å². The molecule has 2 heterocycles. The summed E-state index contributed by atoms with van der Waals surface area (Å²) >= 11 is 0. The summed E-state index contributed by atoms with van der Waals surface area (Å²) in [4.78, 5) is 0. The Labute approximate surface area is 186 Å². The first kappa shape index (κ1) is 25.4. The molecule has 146 valence electrons. The van der Waals surface area contributed by atoms with Gasteiger partial charge in [0.2, 0.25) is 0 Å². The van der Waals surface area contributed by atoms with E-state index >= 15 is 0 Å². The monoisotopic (exact) mass is 564 g/mol. The predicted molar refractivity (Wildman–Crippen MR) is 97.0 cm³/mol. The third-order valence-corrected chi connectivity index (χ3v) is 6.44. The summed E-state index contributed by atoms with van der Waals surface area (Å²) in [5, 5.41) is 0. The smallest absolute Gasteiger partial charge is 0.0786 e. The maximum absolute atomic E-state index is 2.47. The molecular weight excluding hydrogens is 522 g/mol. The summed E-state index contributed by atoms with van der Waals surface area (Å²) < 4.78 is 2.74. The van der Waals surface area contributed by atoms with Crippen molar-refractivity contribution in [3.8, 4) is 0 Å². The topological polar surface area (TPSA) is 0 Å². The Kier molecular flexibility index (Phi) is 14.3. The molecule has 0 aromatic rings. The maximum atomic E-state index is 2.47. The largest absolute Gasteiger partial charge is 1.00 e. The SMILES string of the molecule is C[N+]1(CCCCCCCCCC[N+]2(C)CCCC2)CCCC1.[I-].[I-]. The van der Waals surface area contributed by atoms with Crippen molar-refractivity contribution < 1.29 is 56.9 Å². The number of nitrogens with zero attached hydrogens (tertiary/aromatic N) is 2. The van der Waals surface area contributed by atoms with Gasteiger partial charge in [0.15, 0.2) is 0 Å². The van der Waals surface area contributed by atoms with Crippen LogP contribution in [-0.4, -0.2) is 62.3 Å². The van der Waals surface area contributed by atoms with Crippen LogP contribution in [0.3, 0.4) is 0 Å². The van der Waals surface area contributed by atoms with Crippen molar-refractivity contribution in [1.29, 1.82) is 0 Å². The van der Waals surface area contributed by atoms with E-state index in [1.54, 1.807) is 0 Å². The molecule has 0 spiro atoms. The van der Waals surface area contributed by atoms with E-state index in [9.17, 15) is 0 Å². The van der Waals surface area contributed by atoms with E-state index in [1.165, 1.54) is 125 Å². The van der Waals surface area contributed by atoms with E-state index in [0.717, 1.165) is 0 Å². The van der Waals surface area contributed by atoms with Crippen LogP contribution in [0, 0.1) is 0 Å².